The smallest absolute Gasteiger partial charge is 0.150 e. The SMILES string of the molecule is Nc1c(-c2ccc(F)cc2)nc(C2CCCC2)n1N. The van der Waals surface area contributed by atoms with E-state index in [-0.39, 0.29) is 5.82 Å². The van der Waals surface area contributed by atoms with Crippen molar-refractivity contribution in [3.8, 4) is 11.3 Å². The number of nitrogens with two attached hydrogens (primary N) is 2. The summed E-state index contributed by atoms with van der Waals surface area (Å²) in [5, 5.41) is 0. The molecule has 1 saturated carbocycles. The summed E-state index contributed by atoms with van der Waals surface area (Å²) in [6.07, 6.45) is 4.64. The van der Waals surface area contributed by atoms with Crippen LogP contribution in [0.4, 0.5) is 10.2 Å². The van der Waals surface area contributed by atoms with E-state index in [1.807, 2.05) is 0 Å². The van der Waals surface area contributed by atoms with Crippen LogP contribution < -0.4 is 11.6 Å². The Balaban J connectivity index is 2.02. The van der Waals surface area contributed by atoms with Crippen molar-refractivity contribution in [1.29, 1.82) is 0 Å². The minimum absolute atomic E-state index is 0.273. The monoisotopic (exact) mass is 260 g/mol. The van der Waals surface area contributed by atoms with E-state index < -0.39 is 0 Å². The molecule has 1 aliphatic rings. The summed E-state index contributed by atoms with van der Waals surface area (Å²) in [5.41, 5.74) is 7.46. The Morgan fingerprint density at radius 3 is 2.42 bits per heavy atom. The second-order valence-electron chi connectivity index (χ2n) is 5.06. The zero-order valence-corrected chi connectivity index (χ0v) is 10.6. The average Bonchev–Trinajstić information content (AvgIpc) is 3.02. The van der Waals surface area contributed by atoms with Crippen molar-refractivity contribution in [3.05, 3.63) is 35.9 Å². The third-order valence-electron chi connectivity index (χ3n) is 3.81. The number of rotatable bonds is 2. The summed E-state index contributed by atoms with van der Waals surface area (Å²) < 4.78 is 14.4. The summed E-state index contributed by atoms with van der Waals surface area (Å²) in [4.78, 5) is 4.58. The molecule has 0 bridgehead atoms. The lowest BCUT2D eigenvalue weighted by atomic mass is 10.1. The first-order valence-electron chi connectivity index (χ1n) is 6.56. The van der Waals surface area contributed by atoms with E-state index in [0.29, 0.717) is 17.4 Å². The van der Waals surface area contributed by atoms with Crippen molar-refractivity contribution in [1.82, 2.24) is 9.66 Å². The molecule has 1 aliphatic carbocycles. The fourth-order valence-corrected chi connectivity index (χ4v) is 2.76. The molecule has 0 amide bonds. The first-order chi connectivity index (χ1) is 9.16. The highest BCUT2D eigenvalue weighted by atomic mass is 19.1. The number of hydrogen-bond donors (Lipinski definition) is 2. The van der Waals surface area contributed by atoms with E-state index in [2.05, 4.69) is 4.98 Å². The molecule has 4 N–H and O–H groups in total. The normalized spacial score (nSPS) is 16.1. The van der Waals surface area contributed by atoms with Gasteiger partial charge in [-0.15, -0.1) is 0 Å². The molecule has 4 nitrogen and oxygen atoms in total. The Hall–Kier alpha value is -2.04. The van der Waals surface area contributed by atoms with Crippen molar-refractivity contribution < 1.29 is 4.39 Å². The average molecular weight is 260 g/mol. The Kier molecular flexibility index (Phi) is 2.89. The molecule has 3 rings (SSSR count). The molecule has 0 radical (unpaired) electrons. The van der Waals surface area contributed by atoms with Gasteiger partial charge in [-0.1, -0.05) is 12.8 Å². The van der Waals surface area contributed by atoms with E-state index in [1.165, 1.54) is 29.7 Å². The number of anilines is 1. The quantitative estimate of drug-likeness (QED) is 0.815. The van der Waals surface area contributed by atoms with Gasteiger partial charge in [0.1, 0.15) is 17.3 Å². The van der Waals surface area contributed by atoms with E-state index in [4.69, 9.17) is 11.6 Å². The molecule has 2 aromatic rings. The van der Waals surface area contributed by atoms with Crippen LogP contribution in [0.2, 0.25) is 0 Å². The number of nitrogens with zero attached hydrogens (tertiary/aromatic N) is 2. The van der Waals surface area contributed by atoms with Crippen LogP contribution in [-0.2, 0) is 0 Å². The van der Waals surface area contributed by atoms with Gasteiger partial charge in [-0.2, -0.15) is 0 Å². The lowest BCUT2D eigenvalue weighted by molar-refractivity contribution is 0.628. The van der Waals surface area contributed by atoms with Crippen LogP contribution in [0.15, 0.2) is 24.3 Å². The molecular weight excluding hydrogens is 243 g/mol. The maximum atomic E-state index is 13.0. The fourth-order valence-electron chi connectivity index (χ4n) is 2.76. The van der Waals surface area contributed by atoms with Crippen LogP contribution >= 0.6 is 0 Å². The summed E-state index contributed by atoms with van der Waals surface area (Å²) in [6.45, 7) is 0. The Morgan fingerprint density at radius 1 is 1.16 bits per heavy atom. The van der Waals surface area contributed by atoms with Gasteiger partial charge < -0.3 is 11.6 Å². The van der Waals surface area contributed by atoms with Crippen molar-refractivity contribution in [3.63, 3.8) is 0 Å². The third kappa shape index (κ3) is 2.05. The zero-order valence-electron chi connectivity index (χ0n) is 10.6. The van der Waals surface area contributed by atoms with Crippen LogP contribution in [-0.4, -0.2) is 9.66 Å². The van der Waals surface area contributed by atoms with Crippen molar-refractivity contribution in [2.24, 2.45) is 0 Å². The van der Waals surface area contributed by atoms with Crippen LogP contribution in [0, 0.1) is 5.82 Å². The molecule has 0 spiro atoms. The highest BCUT2D eigenvalue weighted by molar-refractivity contribution is 5.71. The number of benzene rings is 1. The van der Waals surface area contributed by atoms with E-state index in [0.717, 1.165) is 24.2 Å². The molecule has 1 aromatic carbocycles. The van der Waals surface area contributed by atoms with Gasteiger partial charge in [0.15, 0.2) is 5.82 Å². The second-order valence-corrected chi connectivity index (χ2v) is 5.06. The highest BCUT2D eigenvalue weighted by Crippen LogP contribution is 2.36. The Labute approximate surface area is 111 Å². The molecule has 0 unspecified atom stereocenters. The van der Waals surface area contributed by atoms with Crippen LogP contribution in [0.25, 0.3) is 11.3 Å². The summed E-state index contributed by atoms with van der Waals surface area (Å²) >= 11 is 0. The number of nitrogen functional groups attached to an aromatic ring is 2. The molecule has 0 aliphatic heterocycles. The minimum atomic E-state index is -0.273. The molecule has 1 heterocycles. The maximum Gasteiger partial charge on any atom is 0.150 e. The van der Waals surface area contributed by atoms with E-state index in [9.17, 15) is 4.39 Å². The summed E-state index contributed by atoms with van der Waals surface area (Å²) in [6, 6.07) is 6.15. The fraction of sp³-hybridized carbons (Fsp3) is 0.357. The molecule has 100 valence electrons. The maximum absolute atomic E-state index is 13.0. The number of aromatic nitrogens is 2. The van der Waals surface area contributed by atoms with E-state index >= 15 is 0 Å². The zero-order chi connectivity index (χ0) is 13.4. The first-order valence-corrected chi connectivity index (χ1v) is 6.56. The molecule has 1 aromatic heterocycles. The first kappa shape index (κ1) is 12.0. The van der Waals surface area contributed by atoms with Crippen molar-refractivity contribution in [2.75, 3.05) is 11.6 Å². The molecular formula is C14H17FN4. The molecule has 1 fully saturated rings. The summed E-state index contributed by atoms with van der Waals surface area (Å²) in [5.74, 6) is 7.40. The Morgan fingerprint density at radius 2 is 1.79 bits per heavy atom. The predicted molar refractivity (Wildman–Crippen MR) is 73.4 cm³/mol. The largest absolute Gasteiger partial charge is 0.382 e. The van der Waals surface area contributed by atoms with Gasteiger partial charge in [0.2, 0.25) is 0 Å². The molecule has 0 saturated heterocycles. The minimum Gasteiger partial charge on any atom is -0.382 e. The molecule has 0 atom stereocenters. The van der Waals surface area contributed by atoms with Gasteiger partial charge in [-0.05, 0) is 37.1 Å². The standard InChI is InChI=1S/C14H17FN4/c15-11-7-5-9(6-8-11)12-13(16)19(17)14(18-12)10-3-1-2-4-10/h5-8,10H,1-4,16-17H2. The van der Waals surface area contributed by atoms with Gasteiger partial charge in [-0.3, -0.25) is 0 Å². The molecule has 5 heteroatoms. The van der Waals surface area contributed by atoms with E-state index in [1.54, 1.807) is 12.1 Å². The number of hydrogen-bond acceptors (Lipinski definition) is 3. The van der Waals surface area contributed by atoms with Gasteiger partial charge in [0.05, 0.1) is 0 Å². The van der Waals surface area contributed by atoms with Gasteiger partial charge in [0.25, 0.3) is 0 Å². The van der Waals surface area contributed by atoms with Crippen LogP contribution in [0.3, 0.4) is 0 Å². The third-order valence-corrected chi connectivity index (χ3v) is 3.81. The topological polar surface area (TPSA) is 69.9 Å². The second kappa shape index (κ2) is 4.57. The highest BCUT2D eigenvalue weighted by Gasteiger charge is 2.24. The van der Waals surface area contributed by atoms with Crippen molar-refractivity contribution in [2.45, 2.75) is 31.6 Å². The lowest BCUT2D eigenvalue weighted by Gasteiger charge is -2.08. The van der Waals surface area contributed by atoms with Crippen molar-refractivity contribution >= 4 is 5.82 Å². The molecule has 19 heavy (non-hydrogen) atoms. The Bertz CT molecular complexity index is 582. The number of imidazole rings is 1. The van der Waals surface area contributed by atoms with Gasteiger partial charge >= 0.3 is 0 Å². The van der Waals surface area contributed by atoms with Gasteiger partial charge in [-0.25, -0.2) is 14.1 Å². The van der Waals surface area contributed by atoms with Crippen LogP contribution in [0.1, 0.15) is 37.4 Å². The number of halogens is 1. The summed E-state index contributed by atoms with van der Waals surface area (Å²) in [7, 11) is 0. The van der Waals surface area contributed by atoms with Gasteiger partial charge in [0, 0.05) is 11.5 Å². The predicted octanol–water partition coefficient (Wildman–Crippen LogP) is 2.64. The lowest BCUT2D eigenvalue weighted by Crippen LogP contribution is -2.17. The van der Waals surface area contributed by atoms with Crippen LogP contribution in [0.5, 0.6) is 0 Å².